The lowest BCUT2D eigenvalue weighted by atomic mass is 10.3. The third-order valence-electron chi connectivity index (χ3n) is 2.30. The molecule has 0 aliphatic carbocycles. The molecule has 0 spiro atoms. The number of pyridine rings is 1. The van der Waals surface area contributed by atoms with Crippen molar-refractivity contribution in [2.24, 2.45) is 0 Å². The zero-order chi connectivity index (χ0) is 11.9. The van der Waals surface area contributed by atoms with Crippen molar-refractivity contribution in [3.8, 4) is 0 Å². The van der Waals surface area contributed by atoms with Gasteiger partial charge in [-0.05, 0) is 0 Å². The highest BCUT2D eigenvalue weighted by Gasteiger charge is 2.32. The molecule has 2 rings (SSSR count). The van der Waals surface area contributed by atoms with Crippen molar-refractivity contribution < 1.29 is 4.79 Å². The van der Waals surface area contributed by atoms with Gasteiger partial charge in [0.25, 0.3) is 0 Å². The summed E-state index contributed by atoms with van der Waals surface area (Å²) in [5, 5.41) is 0.0862. The maximum Gasteiger partial charge on any atom is 0.228 e. The van der Waals surface area contributed by atoms with Crippen LogP contribution in [0.4, 0.5) is 11.4 Å². The molecule has 1 aliphatic heterocycles. The first-order valence-electron chi connectivity index (χ1n) is 4.55. The molecule has 1 atom stereocenters. The second-order valence-corrected chi connectivity index (χ2v) is 4.84. The van der Waals surface area contributed by atoms with Gasteiger partial charge in [-0.15, -0.1) is 11.6 Å². The fourth-order valence-corrected chi connectivity index (χ4v) is 2.46. The average Bonchev–Trinajstić information content (AvgIpc) is 2.43. The van der Waals surface area contributed by atoms with E-state index in [4.69, 9.17) is 40.5 Å². The first kappa shape index (κ1) is 11.8. The minimum Gasteiger partial charge on any atom is -0.397 e. The van der Waals surface area contributed by atoms with Gasteiger partial charge in [-0.25, -0.2) is 4.98 Å². The van der Waals surface area contributed by atoms with Gasteiger partial charge in [0.05, 0.1) is 11.1 Å². The van der Waals surface area contributed by atoms with Gasteiger partial charge in [0.1, 0.15) is 10.8 Å². The molecule has 7 heteroatoms. The van der Waals surface area contributed by atoms with E-state index in [9.17, 15) is 4.79 Å². The van der Waals surface area contributed by atoms with Gasteiger partial charge >= 0.3 is 0 Å². The zero-order valence-electron chi connectivity index (χ0n) is 8.08. The Labute approximate surface area is 107 Å². The molecule has 0 aromatic carbocycles. The number of carbonyl (C=O) groups is 1. The fraction of sp³-hybridized carbons (Fsp3) is 0.333. The van der Waals surface area contributed by atoms with E-state index in [1.54, 1.807) is 0 Å². The highest BCUT2D eigenvalue weighted by molar-refractivity contribution is 6.36. The minimum absolute atomic E-state index is 0.113. The molecular weight excluding hydrogens is 272 g/mol. The number of rotatable bonds is 1. The van der Waals surface area contributed by atoms with E-state index in [-0.39, 0.29) is 28.0 Å². The lowest BCUT2D eigenvalue weighted by Crippen LogP contribution is -2.26. The first-order chi connectivity index (χ1) is 7.49. The van der Waals surface area contributed by atoms with E-state index < -0.39 is 0 Å². The molecule has 1 saturated heterocycles. The lowest BCUT2D eigenvalue weighted by Gasteiger charge is -2.18. The monoisotopic (exact) mass is 279 g/mol. The van der Waals surface area contributed by atoms with E-state index in [2.05, 4.69) is 4.98 Å². The van der Waals surface area contributed by atoms with Gasteiger partial charge in [-0.1, -0.05) is 23.2 Å². The molecule has 1 aromatic rings. The van der Waals surface area contributed by atoms with E-state index in [1.807, 2.05) is 0 Å². The minimum atomic E-state index is -0.223. The lowest BCUT2D eigenvalue weighted by molar-refractivity contribution is -0.117. The number of nitrogens with zero attached hydrogens (tertiary/aromatic N) is 2. The number of hydrogen-bond acceptors (Lipinski definition) is 3. The Bertz CT molecular complexity index is 429. The van der Waals surface area contributed by atoms with Crippen LogP contribution in [0, 0.1) is 0 Å². The van der Waals surface area contributed by atoms with Gasteiger partial charge in [-0.2, -0.15) is 0 Å². The predicted octanol–water partition coefficient (Wildman–Crippen LogP) is 2.31. The van der Waals surface area contributed by atoms with Crippen LogP contribution >= 0.6 is 34.8 Å². The van der Waals surface area contributed by atoms with Crippen molar-refractivity contribution in [3.63, 3.8) is 0 Å². The molecule has 4 nitrogen and oxygen atoms in total. The maximum atomic E-state index is 11.6. The molecule has 2 heterocycles. The number of aromatic nitrogens is 1. The summed E-state index contributed by atoms with van der Waals surface area (Å²) in [5.74, 6) is -0.113. The molecule has 2 N–H and O–H groups in total. The summed E-state index contributed by atoms with van der Waals surface area (Å²) in [6, 6.07) is 1.46. The molecular formula is C9H8Cl3N3O. The molecule has 16 heavy (non-hydrogen) atoms. The predicted molar refractivity (Wildman–Crippen MR) is 65.3 cm³/mol. The number of halogens is 3. The largest absolute Gasteiger partial charge is 0.397 e. The smallest absolute Gasteiger partial charge is 0.228 e. The molecule has 1 amide bonds. The Morgan fingerprint density at radius 2 is 2.19 bits per heavy atom. The highest BCUT2D eigenvalue weighted by Crippen LogP contribution is 2.35. The van der Waals surface area contributed by atoms with Crippen molar-refractivity contribution in [3.05, 3.63) is 16.4 Å². The van der Waals surface area contributed by atoms with E-state index in [0.717, 1.165) is 0 Å². The van der Waals surface area contributed by atoms with Gasteiger partial charge < -0.3 is 10.6 Å². The molecule has 0 bridgehead atoms. The van der Waals surface area contributed by atoms with Crippen molar-refractivity contribution in [1.82, 2.24) is 4.98 Å². The number of hydrogen-bond donors (Lipinski definition) is 1. The van der Waals surface area contributed by atoms with Crippen molar-refractivity contribution in [2.45, 2.75) is 11.8 Å². The number of carbonyl (C=O) groups excluding carboxylic acids is 1. The molecule has 0 radical (unpaired) electrons. The maximum absolute atomic E-state index is 11.6. The summed E-state index contributed by atoms with van der Waals surface area (Å²) < 4.78 is 0. The Kier molecular flexibility index (Phi) is 3.15. The topological polar surface area (TPSA) is 59.2 Å². The fourth-order valence-electron chi connectivity index (χ4n) is 1.64. The summed E-state index contributed by atoms with van der Waals surface area (Å²) in [4.78, 5) is 16.9. The summed E-state index contributed by atoms with van der Waals surface area (Å²) >= 11 is 17.5. The molecule has 1 fully saturated rings. The van der Waals surface area contributed by atoms with Crippen molar-refractivity contribution >= 4 is 52.1 Å². The number of nitrogen functional groups attached to an aromatic ring is 1. The van der Waals surface area contributed by atoms with Crippen molar-refractivity contribution in [1.29, 1.82) is 0 Å². The van der Waals surface area contributed by atoms with E-state index in [0.29, 0.717) is 17.9 Å². The number of amides is 1. The number of nitrogens with two attached hydrogens (primary N) is 1. The quantitative estimate of drug-likeness (QED) is 0.634. The highest BCUT2D eigenvalue weighted by atomic mass is 35.5. The summed E-state index contributed by atoms with van der Waals surface area (Å²) in [6.07, 6.45) is 0.278. The molecule has 1 unspecified atom stereocenters. The second-order valence-electron chi connectivity index (χ2n) is 3.48. The SMILES string of the molecule is Nc1cc(Cl)nc(Cl)c1N1CC(Cl)CC1=O. The van der Waals surface area contributed by atoms with E-state index >= 15 is 0 Å². The average molecular weight is 281 g/mol. The van der Waals surface area contributed by atoms with Crippen LogP contribution in [0.2, 0.25) is 10.3 Å². The van der Waals surface area contributed by atoms with Crippen LogP contribution in [0.5, 0.6) is 0 Å². The van der Waals surface area contributed by atoms with Crippen LogP contribution in [0.25, 0.3) is 0 Å². The van der Waals surface area contributed by atoms with Crippen molar-refractivity contribution in [2.75, 3.05) is 17.2 Å². The summed E-state index contributed by atoms with van der Waals surface area (Å²) in [7, 11) is 0. The van der Waals surface area contributed by atoms with Gasteiger partial charge in [0.2, 0.25) is 5.91 Å². The van der Waals surface area contributed by atoms with Crippen LogP contribution in [0.1, 0.15) is 6.42 Å². The van der Waals surface area contributed by atoms with Gasteiger partial charge in [-0.3, -0.25) is 4.79 Å². The Morgan fingerprint density at radius 1 is 1.50 bits per heavy atom. The van der Waals surface area contributed by atoms with Gasteiger partial charge in [0, 0.05) is 19.0 Å². The summed E-state index contributed by atoms with van der Waals surface area (Å²) in [5.41, 5.74) is 6.48. The van der Waals surface area contributed by atoms with Gasteiger partial charge in [0.15, 0.2) is 5.15 Å². The molecule has 1 aliphatic rings. The molecule has 0 saturated carbocycles. The van der Waals surface area contributed by atoms with E-state index in [1.165, 1.54) is 11.0 Å². The zero-order valence-corrected chi connectivity index (χ0v) is 10.4. The van der Waals surface area contributed by atoms with Crippen LogP contribution < -0.4 is 10.6 Å². The number of anilines is 2. The van der Waals surface area contributed by atoms with Crippen LogP contribution in [-0.4, -0.2) is 22.8 Å². The van der Waals surface area contributed by atoms with Crippen LogP contribution in [0.3, 0.4) is 0 Å². The molecule has 86 valence electrons. The van der Waals surface area contributed by atoms with Crippen LogP contribution in [0.15, 0.2) is 6.07 Å². The Hall–Kier alpha value is -0.710. The second kappa shape index (κ2) is 4.28. The third-order valence-corrected chi connectivity index (χ3v) is 3.05. The number of alkyl halides is 1. The Balaban J connectivity index is 2.44. The standard InChI is InChI=1S/C9H8Cl3N3O/c10-4-1-7(16)15(3-4)8-5(13)2-6(11)14-9(8)12/h2,4H,1,3H2,(H2,13,14). The summed E-state index contributed by atoms with van der Waals surface area (Å²) in [6.45, 7) is 0.383. The van der Waals surface area contributed by atoms with Crippen LogP contribution in [-0.2, 0) is 4.79 Å². The normalized spacial score (nSPS) is 20.6. The first-order valence-corrected chi connectivity index (χ1v) is 5.74. The third kappa shape index (κ3) is 2.05. The Morgan fingerprint density at radius 3 is 2.69 bits per heavy atom. The molecule has 1 aromatic heterocycles.